The maximum absolute atomic E-state index is 10.3. The zero-order chi connectivity index (χ0) is 17.7. The van der Waals surface area contributed by atoms with E-state index in [9.17, 15) is 15.2 Å². The molecule has 0 spiro atoms. The van der Waals surface area contributed by atoms with Crippen LogP contribution in [-0.4, -0.2) is 46.2 Å². The van der Waals surface area contributed by atoms with Crippen molar-refractivity contribution in [3.8, 4) is 0 Å². The number of aliphatic hydroxyl groups is 1. The van der Waals surface area contributed by atoms with Gasteiger partial charge < -0.3 is 19.6 Å². The molecular formula is C15H27BN2O4Si. The van der Waals surface area contributed by atoms with Gasteiger partial charge in [-0.1, -0.05) is 20.8 Å². The Labute approximate surface area is 139 Å². The highest BCUT2D eigenvalue weighted by atomic mass is 28.4. The van der Waals surface area contributed by atoms with Crippen LogP contribution in [0.4, 0.5) is 0 Å². The first kappa shape index (κ1) is 18.5. The van der Waals surface area contributed by atoms with Gasteiger partial charge in [-0.2, -0.15) is 0 Å². The molecule has 128 valence electrons. The molecule has 0 amide bonds. The molecule has 0 aromatic carbocycles. The molecule has 3 N–H and O–H groups in total. The fraction of sp³-hybridized carbons (Fsp3) is 0.733. The maximum Gasteiger partial charge on any atom is 0.491 e. The summed E-state index contributed by atoms with van der Waals surface area (Å²) in [4.78, 5) is 8.56. The van der Waals surface area contributed by atoms with Crippen molar-refractivity contribution in [2.75, 3.05) is 0 Å². The van der Waals surface area contributed by atoms with Gasteiger partial charge in [-0.15, -0.1) is 0 Å². The van der Waals surface area contributed by atoms with Gasteiger partial charge in [0.2, 0.25) is 0 Å². The number of aromatic nitrogens is 2. The molecular weight excluding hydrogens is 311 g/mol. The summed E-state index contributed by atoms with van der Waals surface area (Å²) in [5, 5.41) is 28.6. The Bertz CT molecular complexity index is 562. The van der Waals surface area contributed by atoms with Crippen LogP contribution in [0.5, 0.6) is 0 Å². The molecule has 0 atom stereocenters. The second-order valence-corrected chi connectivity index (χ2v) is 13.1. The van der Waals surface area contributed by atoms with Crippen molar-refractivity contribution in [3.63, 3.8) is 0 Å². The quantitative estimate of drug-likeness (QED) is 0.707. The zero-order valence-electron chi connectivity index (χ0n) is 14.8. The highest BCUT2D eigenvalue weighted by Crippen LogP contribution is 2.53. The van der Waals surface area contributed by atoms with Gasteiger partial charge in [-0.3, -0.25) is 0 Å². The van der Waals surface area contributed by atoms with Gasteiger partial charge in [0.25, 0.3) is 0 Å². The third-order valence-corrected chi connectivity index (χ3v) is 9.48. The minimum absolute atomic E-state index is 0.0304. The van der Waals surface area contributed by atoms with E-state index >= 15 is 0 Å². The van der Waals surface area contributed by atoms with Crippen LogP contribution in [0.15, 0.2) is 12.4 Å². The van der Waals surface area contributed by atoms with Crippen LogP contribution in [-0.2, 0) is 10.0 Å². The number of hydrogen-bond donors (Lipinski definition) is 3. The monoisotopic (exact) mass is 338 g/mol. The lowest BCUT2D eigenvalue weighted by Crippen LogP contribution is -2.60. The smallest absolute Gasteiger partial charge is 0.423 e. The summed E-state index contributed by atoms with van der Waals surface area (Å²) in [5.41, 5.74) is -1.26. The maximum atomic E-state index is 10.3. The van der Waals surface area contributed by atoms with Gasteiger partial charge in [0.05, 0.1) is 5.60 Å². The highest BCUT2D eigenvalue weighted by molar-refractivity contribution is 6.74. The van der Waals surface area contributed by atoms with Gasteiger partial charge in [-0.25, -0.2) is 9.97 Å². The molecule has 0 unspecified atom stereocenters. The van der Waals surface area contributed by atoms with Gasteiger partial charge in [0.1, 0.15) is 5.60 Å². The molecule has 1 saturated carbocycles. The molecule has 1 aliphatic rings. The van der Waals surface area contributed by atoms with E-state index < -0.39 is 26.6 Å². The Kier molecular flexibility index (Phi) is 4.54. The van der Waals surface area contributed by atoms with Crippen molar-refractivity contribution in [2.24, 2.45) is 0 Å². The first-order valence-corrected chi connectivity index (χ1v) is 10.8. The van der Waals surface area contributed by atoms with E-state index in [-0.39, 0.29) is 10.5 Å². The van der Waals surface area contributed by atoms with Crippen LogP contribution in [0.3, 0.4) is 0 Å². The summed E-state index contributed by atoms with van der Waals surface area (Å²) >= 11 is 0. The average molecular weight is 338 g/mol. The molecule has 1 aromatic heterocycles. The normalized spacial score (nSPS) is 28.4. The van der Waals surface area contributed by atoms with Gasteiger partial charge in [0, 0.05) is 30.7 Å². The van der Waals surface area contributed by atoms with Crippen LogP contribution in [0.25, 0.3) is 0 Å². The van der Waals surface area contributed by atoms with Crippen LogP contribution in [0.2, 0.25) is 18.1 Å². The summed E-state index contributed by atoms with van der Waals surface area (Å²) in [6.45, 7) is 12.6. The highest BCUT2D eigenvalue weighted by Gasteiger charge is 2.58. The second kappa shape index (κ2) is 5.63. The minimum Gasteiger partial charge on any atom is -0.423 e. The van der Waals surface area contributed by atoms with E-state index in [1.807, 2.05) is 0 Å². The lowest BCUT2D eigenvalue weighted by Gasteiger charge is -2.55. The number of rotatable bonds is 4. The number of nitrogens with zero attached hydrogens (tertiary/aromatic N) is 2. The fourth-order valence-electron chi connectivity index (χ4n) is 2.80. The molecule has 0 radical (unpaired) electrons. The Morgan fingerprint density at radius 1 is 1.17 bits per heavy atom. The molecule has 6 nitrogen and oxygen atoms in total. The van der Waals surface area contributed by atoms with Gasteiger partial charge in [0.15, 0.2) is 14.1 Å². The lowest BCUT2D eigenvalue weighted by atomic mass is 9.68. The average Bonchev–Trinajstić information content (AvgIpc) is 2.34. The second-order valence-electron chi connectivity index (χ2n) is 8.42. The Balaban J connectivity index is 2.34. The standard InChI is InChI=1S/C15H27BN2O4Si/c1-13(2,3)23(5,6)22-15(9-14(4,19)10-15)12-17-7-11(8-18-12)16(20)21/h7-8,19-21H,9-10H2,1-6H3. The molecule has 0 bridgehead atoms. The summed E-state index contributed by atoms with van der Waals surface area (Å²) in [6.07, 6.45) is 3.68. The third-order valence-electron chi connectivity index (χ3n) is 4.97. The van der Waals surface area contributed by atoms with E-state index in [2.05, 4.69) is 43.8 Å². The van der Waals surface area contributed by atoms with Crippen molar-refractivity contribution >= 4 is 20.9 Å². The molecule has 0 aliphatic heterocycles. The fourth-order valence-corrected chi connectivity index (χ4v) is 4.32. The molecule has 8 heteroatoms. The van der Waals surface area contributed by atoms with Crippen LogP contribution in [0.1, 0.15) is 46.4 Å². The first-order chi connectivity index (χ1) is 10.3. The van der Waals surface area contributed by atoms with Crippen molar-refractivity contribution in [3.05, 3.63) is 18.2 Å². The molecule has 2 rings (SSSR count). The molecule has 1 aliphatic carbocycles. The van der Waals surface area contributed by atoms with E-state index in [1.165, 1.54) is 12.4 Å². The van der Waals surface area contributed by atoms with E-state index in [1.54, 1.807) is 6.92 Å². The lowest BCUT2D eigenvalue weighted by molar-refractivity contribution is -0.171. The van der Waals surface area contributed by atoms with Crippen molar-refractivity contribution in [1.29, 1.82) is 0 Å². The molecule has 1 aromatic rings. The summed E-state index contributed by atoms with van der Waals surface area (Å²) < 4.78 is 6.58. The van der Waals surface area contributed by atoms with Crippen molar-refractivity contribution in [1.82, 2.24) is 9.97 Å². The SMILES string of the molecule is CC1(O)CC(O[Si](C)(C)C(C)(C)C)(c2ncc(B(O)O)cn2)C1. The topological polar surface area (TPSA) is 95.7 Å². The predicted molar refractivity (Wildman–Crippen MR) is 91.7 cm³/mol. The third kappa shape index (κ3) is 3.66. The first-order valence-electron chi connectivity index (χ1n) is 7.89. The molecule has 23 heavy (non-hydrogen) atoms. The molecule has 1 fully saturated rings. The molecule has 1 heterocycles. The number of hydrogen-bond acceptors (Lipinski definition) is 6. The minimum atomic E-state index is -2.08. The largest absolute Gasteiger partial charge is 0.491 e. The molecule has 0 saturated heterocycles. The van der Waals surface area contributed by atoms with Crippen molar-refractivity contribution in [2.45, 2.75) is 69.9 Å². The van der Waals surface area contributed by atoms with E-state index in [0.717, 1.165) is 0 Å². The summed E-state index contributed by atoms with van der Waals surface area (Å²) in [6, 6.07) is 0. The summed E-state index contributed by atoms with van der Waals surface area (Å²) in [7, 11) is -3.67. The van der Waals surface area contributed by atoms with Crippen molar-refractivity contribution < 1.29 is 19.6 Å². The van der Waals surface area contributed by atoms with Crippen LogP contribution < -0.4 is 5.46 Å². The predicted octanol–water partition coefficient (Wildman–Crippen LogP) is 0.918. The van der Waals surface area contributed by atoms with E-state index in [4.69, 9.17) is 4.43 Å². The Hall–Kier alpha value is -0.798. The van der Waals surface area contributed by atoms with Gasteiger partial charge in [-0.05, 0) is 25.1 Å². The van der Waals surface area contributed by atoms with Crippen LogP contribution in [0, 0.1) is 0 Å². The van der Waals surface area contributed by atoms with E-state index in [0.29, 0.717) is 18.7 Å². The zero-order valence-corrected chi connectivity index (χ0v) is 15.8. The Morgan fingerprint density at radius 2 is 1.65 bits per heavy atom. The summed E-state index contributed by atoms with van der Waals surface area (Å²) in [5.74, 6) is 0.498. The van der Waals surface area contributed by atoms with Crippen LogP contribution >= 0.6 is 0 Å². The van der Waals surface area contributed by atoms with Gasteiger partial charge >= 0.3 is 7.12 Å². The Morgan fingerprint density at radius 3 is 2.00 bits per heavy atom.